The average molecular weight is 357 g/mol. The van der Waals surface area contributed by atoms with Crippen LogP contribution in [0.4, 0.5) is 5.13 Å². The van der Waals surface area contributed by atoms with Gasteiger partial charge in [0.2, 0.25) is 0 Å². The summed E-state index contributed by atoms with van der Waals surface area (Å²) >= 11 is 1.90. The summed E-state index contributed by atoms with van der Waals surface area (Å²) in [6.45, 7) is 8.68. The Morgan fingerprint density at radius 1 is 1.12 bits per heavy atom. The van der Waals surface area contributed by atoms with Gasteiger partial charge in [0.25, 0.3) is 0 Å². The van der Waals surface area contributed by atoms with Gasteiger partial charge in [0, 0.05) is 50.2 Å². The molecule has 0 spiro atoms. The zero-order chi connectivity index (χ0) is 17.1. The summed E-state index contributed by atoms with van der Waals surface area (Å²) in [5.74, 6) is 0. The van der Waals surface area contributed by atoms with Gasteiger partial charge in [-0.2, -0.15) is 0 Å². The molecule has 1 aromatic heterocycles. The van der Waals surface area contributed by atoms with Gasteiger partial charge in [-0.1, -0.05) is 37.3 Å². The molecular formula is C20H28N4S. The predicted molar refractivity (Wildman–Crippen MR) is 105 cm³/mol. The van der Waals surface area contributed by atoms with Crippen molar-refractivity contribution >= 4 is 16.5 Å². The molecule has 1 aliphatic carbocycles. The number of anilines is 1. The fourth-order valence-electron chi connectivity index (χ4n) is 3.38. The Morgan fingerprint density at radius 3 is 2.56 bits per heavy atom. The number of aromatic nitrogens is 1. The number of thiazole rings is 1. The lowest BCUT2D eigenvalue weighted by Crippen LogP contribution is -2.45. The third-order valence-corrected chi connectivity index (χ3v) is 6.28. The smallest absolute Gasteiger partial charge is 0.185 e. The first-order valence-corrected chi connectivity index (χ1v) is 10.4. The van der Waals surface area contributed by atoms with Gasteiger partial charge in [0.1, 0.15) is 0 Å². The second-order valence-corrected chi connectivity index (χ2v) is 8.19. The van der Waals surface area contributed by atoms with Crippen LogP contribution in [0.1, 0.15) is 35.9 Å². The maximum atomic E-state index is 4.95. The Labute approximate surface area is 154 Å². The Hall–Kier alpha value is -1.43. The van der Waals surface area contributed by atoms with E-state index in [1.807, 2.05) is 11.3 Å². The standard InChI is InChI=1S/C20H28N4S/c1-2-18-19(14-21-17-8-9-17)25-20(22-18)24-12-10-23(11-13-24)15-16-6-4-3-5-7-16/h3-7,17,21H,2,8-15H2,1H3. The lowest BCUT2D eigenvalue weighted by atomic mass is 10.2. The molecule has 2 aliphatic rings. The van der Waals surface area contributed by atoms with Gasteiger partial charge in [-0.05, 0) is 24.8 Å². The molecule has 5 heteroatoms. The van der Waals surface area contributed by atoms with E-state index in [1.165, 1.54) is 34.1 Å². The van der Waals surface area contributed by atoms with Crippen LogP contribution in [-0.4, -0.2) is 42.1 Å². The zero-order valence-corrected chi connectivity index (χ0v) is 15.9. The quantitative estimate of drug-likeness (QED) is 0.825. The lowest BCUT2D eigenvalue weighted by Gasteiger charge is -2.34. The number of nitrogens with zero attached hydrogens (tertiary/aromatic N) is 3. The zero-order valence-electron chi connectivity index (χ0n) is 15.1. The minimum atomic E-state index is 0.761. The number of nitrogens with one attached hydrogen (secondary N) is 1. The highest BCUT2D eigenvalue weighted by Gasteiger charge is 2.23. The van der Waals surface area contributed by atoms with Crippen molar-refractivity contribution in [2.24, 2.45) is 0 Å². The van der Waals surface area contributed by atoms with Crippen LogP contribution in [0.25, 0.3) is 0 Å². The van der Waals surface area contributed by atoms with E-state index < -0.39 is 0 Å². The third-order valence-electron chi connectivity index (χ3n) is 5.12. The average Bonchev–Trinajstić information content (AvgIpc) is 3.39. The van der Waals surface area contributed by atoms with Crippen LogP contribution in [0.3, 0.4) is 0 Å². The molecule has 4 rings (SSSR count). The fraction of sp³-hybridized carbons (Fsp3) is 0.550. The van der Waals surface area contributed by atoms with Crippen molar-refractivity contribution in [2.75, 3.05) is 31.1 Å². The molecule has 1 saturated heterocycles. The van der Waals surface area contributed by atoms with E-state index >= 15 is 0 Å². The minimum absolute atomic E-state index is 0.761. The Kier molecular flexibility index (Phi) is 5.34. The van der Waals surface area contributed by atoms with Gasteiger partial charge in [-0.3, -0.25) is 4.90 Å². The van der Waals surface area contributed by atoms with Crippen molar-refractivity contribution in [2.45, 2.75) is 45.3 Å². The number of hydrogen-bond donors (Lipinski definition) is 1. The van der Waals surface area contributed by atoms with Crippen molar-refractivity contribution in [3.05, 3.63) is 46.5 Å². The minimum Gasteiger partial charge on any atom is -0.346 e. The van der Waals surface area contributed by atoms with E-state index in [4.69, 9.17) is 4.98 Å². The molecule has 1 saturated carbocycles. The van der Waals surface area contributed by atoms with E-state index in [0.717, 1.165) is 51.7 Å². The fourth-order valence-corrected chi connectivity index (χ4v) is 4.53. The normalized spacial score (nSPS) is 18.7. The molecule has 2 heterocycles. The molecule has 2 fully saturated rings. The van der Waals surface area contributed by atoms with E-state index in [9.17, 15) is 0 Å². The molecule has 0 radical (unpaired) electrons. The second kappa shape index (κ2) is 7.85. The Balaban J connectivity index is 1.33. The summed E-state index contributed by atoms with van der Waals surface area (Å²) in [6, 6.07) is 11.6. The number of piperazine rings is 1. The maximum absolute atomic E-state index is 4.95. The Morgan fingerprint density at radius 2 is 1.88 bits per heavy atom. The van der Waals surface area contributed by atoms with Gasteiger partial charge >= 0.3 is 0 Å². The molecule has 0 atom stereocenters. The lowest BCUT2D eigenvalue weighted by molar-refractivity contribution is 0.250. The molecule has 25 heavy (non-hydrogen) atoms. The molecule has 1 aliphatic heterocycles. The van der Waals surface area contributed by atoms with Crippen molar-refractivity contribution in [3.63, 3.8) is 0 Å². The highest BCUT2D eigenvalue weighted by atomic mass is 32.1. The van der Waals surface area contributed by atoms with Crippen molar-refractivity contribution < 1.29 is 0 Å². The van der Waals surface area contributed by atoms with Crippen LogP contribution in [0.2, 0.25) is 0 Å². The number of aryl methyl sites for hydroxylation is 1. The third kappa shape index (κ3) is 4.40. The van der Waals surface area contributed by atoms with E-state index in [0.29, 0.717) is 0 Å². The van der Waals surface area contributed by atoms with Crippen LogP contribution in [0.5, 0.6) is 0 Å². The number of benzene rings is 1. The van der Waals surface area contributed by atoms with Gasteiger partial charge in [0.05, 0.1) is 5.69 Å². The monoisotopic (exact) mass is 356 g/mol. The highest BCUT2D eigenvalue weighted by molar-refractivity contribution is 7.15. The summed E-state index contributed by atoms with van der Waals surface area (Å²) in [5, 5.41) is 4.87. The van der Waals surface area contributed by atoms with E-state index in [2.05, 4.69) is 52.4 Å². The number of rotatable bonds is 7. The van der Waals surface area contributed by atoms with Gasteiger partial charge < -0.3 is 10.2 Å². The molecular weight excluding hydrogens is 328 g/mol. The number of hydrogen-bond acceptors (Lipinski definition) is 5. The van der Waals surface area contributed by atoms with Crippen LogP contribution in [0, 0.1) is 0 Å². The molecule has 0 unspecified atom stereocenters. The molecule has 4 nitrogen and oxygen atoms in total. The van der Waals surface area contributed by atoms with Crippen molar-refractivity contribution in [3.8, 4) is 0 Å². The van der Waals surface area contributed by atoms with Gasteiger partial charge in [-0.25, -0.2) is 4.98 Å². The summed E-state index contributed by atoms with van der Waals surface area (Å²) in [5.41, 5.74) is 2.70. The SMILES string of the molecule is CCc1nc(N2CCN(Cc3ccccc3)CC2)sc1CNC1CC1. The predicted octanol–water partition coefficient (Wildman–Crippen LogP) is 3.28. The summed E-state index contributed by atoms with van der Waals surface area (Å²) in [4.78, 5) is 11.4. The van der Waals surface area contributed by atoms with Crippen molar-refractivity contribution in [1.29, 1.82) is 0 Å². The van der Waals surface area contributed by atoms with Crippen LogP contribution < -0.4 is 10.2 Å². The molecule has 0 amide bonds. The first-order chi connectivity index (χ1) is 12.3. The summed E-state index contributed by atoms with van der Waals surface area (Å²) < 4.78 is 0. The maximum Gasteiger partial charge on any atom is 0.185 e. The summed E-state index contributed by atoms with van der Waals surface area (Å²) in [6.07, 6.45) is 3.72. The Bertz CT molecular complexity index is 672. The highest BCUT2D eigenvalue weighted by Crippen LogP contribution is 2.29. The molecule has 0 bridgehead atoms. The molecule has 1 aromatic carbocycles. The van der Waals surface area contributed by atoms with Crippen molar-refractivity contribution in [1.82, 2.24) is 15.2 Å². The summed E-state index contributed by atoms with van der Waals surface area (Å²) in [7, 11) is 0. The van der Waals surface area contributed by atoms with Crippen LogP contribution >= 0.6 is 11.3 Å². The van der Waals surface area contributed by atoms with Gasteiger partial charge in [0.15, 0.2) is 5.13 Å². The largest absolute Gasteiger partial charge is 0.346 e. The molecule has 134 valence electrons. The van der Waals surface area contributed by atoms with Crippen LogP contribution in [0.15, 0.2) is 30.3 Å². The topological polar surface area (TPSA) is 31.4 Å². The van der Waals surface area contributed by atoms with Crippen LogP contribution in [-0.2, 0) is 19.5 Å². The van der Waals surface area contributed by atoms with Gasteiger partial charge in [-0.15, -0.1) is 11.3 Å². The first kappa shape index (κ1) is 17.0. The second-order valence-electron chi connectivity index (χ2n) is 7.12. The molecule has 2 aromatic rings. The first-order valence-electron chi connectivity index (χ1n) is 9.55. The van der Waals surface area contributed by atoms with E-state index in [1.54, 1.807) is 0 Å². The van der Waals surface area contributed by atoms with E-state index in [-0.39, 0.29) is 0 Å². The molecule has 1 N–H and O–H groups in total.